The Hall–Kier alpha value is -2.80. The molecule has 1 saturated heterocycles. The molecule has 0 saturated carbocycles. The fraction of sp³-hybridized carbons (Fsp3) is 0.455. The lowest BCUT2D eigenvalue weighted by molar-refractivity contribution is -0.137. The van der Waals surface area contributed by atoms with E-state index in [0.29, 0.717) is 18.2 Å². The molecule has 152 valence electrons. The van der Waals surface area contributed by atoms with Crippen molar-refractivity contribution in [1.82, 2.24) is 4.98 Å². The number of aromatic nitrogens is 1. The number of hydrogen-bond donors (Lipinski definition) is 1. The van der Waals surface area contributed by atoms with Crippen molar-refractivity contribution in [2.45, 2.75) is 31.3 Å². The van der Waals surface area contributed by atoms with Gasteiger partial charge in [-0.25, -0.2) is 4.98 Å². The van der Waals surface area contributed by atoms with Gasteiger partial charge < -0.3 is 24.2 Å². The smallest absolute Gasteiger partial charge is 0.304 e. The molecule has 7 nitrogen and oxygen atoms in total. The molecular weight excluding hydrogens is 372 g/mol. The zero-order valence-electron chi connectivity index (χ0n) is 16.2. The van der Waals surface area contributed by atoms with Crippen LogP contribution in [0.4, 0.5) is 5.69 Å². The predicted octanol–water partition coefficient (Wildman–Crippen LogP) is 2.94. The van der Waals surface area contributed by atoms with Crippen LogP contribution in [0.25, 0.3) is 0 Å². The van der Waals surface area contributed by atoms with Crippen LogP contribution in [0, 0.1) is 0 Å². The summed E-state index contributed by atoms with van der Waals surface area (Å²) < 4.78 is 17.4. The molecule has 3 heterocycles. The molecule has 1 N–H and O–H groups in total. The number of anilines is 1. The van der Waals surface area contributed by atoms with Crippen molar-refractivity contribution < 1.29 is 24.1 Å². The molecule has 2 atom stereocenters. The summed E-state index contributed by atoms with van der Waals surface area (Å²) in [4.78, 5) is 17.8. The molecule has 1 aromatic carbocycles. The minimum atomic E-state index is -0.828. The van der Waals surface area contributed by atoms with Crippen molar-refractivity contribution in [2.24, 2.45) is 0 Å². The zero-order chi connectivity index (χ0) is 19.8. The van der Waals surface area contributed by atoms with Gasteiger partial charge in [-0.1, -0.05) is 12.1 Å². The van der Waals surface area contributed by atoms with E-state index < -0.39 is 5.97 Å². The van der Waals surface area contributed by atoms with Crippen LogP contribution >= 0.6 is 0 Å². The molecule has 7 heteroatoms. The molecule has 1 aliphatic carbocycles. The minimum Gasteiger partial charge on any atom is -0.492 e. The maximum Gasteiger partial charge on any atom is 0.304 e. The molecule has 0 spiro atoms. The van der Waals surface area contributed by atoms with Crippen LogP contribution in [-0.2, 0) is 16.0 Å². The van der Waals surface area contributed by atoms with Gasteiger partial charge in [-0.05, 0) is 30.0 Å². The van der Waals surface area contributed by atoms with E-state index in [1.54, 1.807) is 12.3 Å². The van der Waals surface area contributed by atoms with Gasteiger partial charge >= 0.3 is 5.97 Å². The fourth-order valence-electron chi connectivity index (χ4n) is 4.55. The van der Waals surface area contributed by atoms with Gasteiger partial charge in [-0.15, -0.1) is 0 Å². The van der Waals surface area contributed by atoms with Crippen LogP contribution in [-0.4, -0.2) is 49.0 Å². The van der Waals surface area contributed by atoms with Crippen molar-refractivity contribution in [3.05, 3.63) is 47.2 Å². The number of rotatable bonds is 5. The Morgan fingerprint density at radius 1 is 1.28 bits per heavy atom. The monoisotopic (exact) mass is 396 g/mol. The van der Waals surface area contributed by atoms with Gasteiger partial charge in [0.15, 0.2) is 0 Å². The summed E-state index contributed by atoms with van der Waals surface area (Å²) in [5, 5.41) is 9.04. The number of fused-ring (bicyclic) bond motifs is 2. The Morgan fingerprint density at radius 2 is 2.14 bits per heavy atom. The maximum atomic E-state index is 11.0. The largest absolute Gasteiger partial charge is 0.492 e. The first-order chi connectivity index (χ1) is 14.2. The Bertz CT molecular complexity index is 925. The molecule has 2 aromatic rings. The van der Waals surface area contributed by atoms with Crippen LogP contribution in [0.15, 0.2) is 30.5 Å². The van der Waals surface area contributed by atoms with Gasteiger partial charge in [0.1, 0.15) is 11.9 Å². The molecule has 3 aliphatic rings. The zero-order valence-corrected chi connectivity index (χ0v) is 16.2. The van der Waals surface area contributed by atoms with Gasteiger partial charge in [0.2, 0.25) is 5.88 Å². The number of hydrogen-bond acceptors (Lipinski definition) is 6. The molecule has 5 rings (SSSR count). The average Bonchev–Trinajstić information content (AvgIpc) is 3.32. The first kappa shape index (κ1) is 18.2. The maximum absolute atomic E-state index is 11.0. The van der Waals surface area contributed by atoms with Crippen molar-refractivity contribution in [1.29, 1.82) is 0 Å². The summed E-state index contributed by atoms with van der Waals surface area (Å²) in [7, 11) is 0. The van der Waals surface area contributed by atoms with Crippen LogP contribution in [0.5, 0.6) is 11.6 Å². The number of aliphatic carboxylic acids is 1. The van der Waals surface area contributed by atoms with Crippen LogP contribution in [0.2, 0.25) is 0 Å². The van der Waals surface area contributed by atoms with Gasteiger partial charge in [-0.3, -0.25) is 4.79 Å². The topological polar surface area (TPSA) is 81.1 Å². The Balaban J connectivity index is 1.34. The van der Waals surface area contributed by atoms with E-state index in [-0.39, 0.29) is 18.4 Å². The first-order valence-electron chi connectivity index (χ1n) is 10.1. The Labute approximate surface area is 169 Å². The van der Waals surface area contributed by atoms with Gasteiger partial charge in [0, 0.05) is 42.5 Å². The molecule has 1 unspecified atom stereocenters. The summed E-state index contributed by atoms with van der Waals surface area (Å²) in [5.41, 5.74) is 4.72. The first-order valence-corrected chi connectivity index (χ1v) is 10.1. The number of nitrogens with zero attached hydrogens (tertiary/aromatic N) is 2. The highest BCUT2D eigenvalue weighted by Crippen LogP contribution is 2.42. The number of carboxylic acid groups (broad SMARTS) is 1. The SMILES string of the molecule is O=C(O)C[C@@H]1COc2cc(OC3CCc4c3cccc4N3CCOCC3)ncc21. The van der Waals surface area contributed by atoms with E-state index in [1.807, 2.05) is 0 Å². The standard InChI is InChI=1S/C22H24N2O5/c25-22(26)10-14-13-28-20-11-21(23-12-17(14)20)29-19-5-4-15-16(19)2-1-3-18(15)24-6-8-27-9-7-24/h1-3,11-12,14,19H,4-10,13H2,(H,25,26)/t14-,19?/m1/s1. The second kappa shape index (κ2) is 7.55. The average molecular weight is 396 g/mol. The van der Waals surface area contributed by atoms with Crippen LogP contribution in [0.3, 0.4) is 0 Å². The van der Waals surface area contributed by atoms with Crippen LogP contribution < -0.4 is 14.4 Å². The third-order valence-electron chi connectivity index (χ3n) is 5.98. The van der Waals surface area contributed by atoms with E-state index in [1.165, 1.54) is 16.8 Å². The highest BCUT2D eigenvalue weighted by atomic mass is 16.5. The summed E-state index contributed by atoms with van der Waals surface area (Å²) in [6.07, 6.45) is 3.61. The lowest BCUT2D eigenvalue weighted by Crippen LogP contribution is -2.36. The third-order valence-corrected chi connectivity index (χ3v) is 5.98. The van der Waals surface area contributed by atoms with Crippen molar-refractivity contribution in [3.63, 3.8) is 0 Å². The second-order valence-corrected chi connectivity index (χ2v) is 7.76. The fourth-order valence-corrected chi connectivity index (χ4v) is 4.55. The van der Waals surface area contributed by atoms with E-state index in [0.717, 1.165) is 44.7 Å². The Kier molecular flexibility index (Phi) is 4.75. The number of morpholine rings is 1. The molecule has 2 aliphatic heterocycles. The lowest BCUT2D eigenvalue weighted by atomic mass is 10.00. The number of ether oxygens (including phenoxy) is 3. The molecule has 1 fully saturated rings. The number of carboxylic acids is 1. The summed E-state index contributed by atoms with van der Waals surface area (Å²) in [6, 6.07) is 8.22. The van der Waals surface area contributed by atoms with Crippen molar-refractivity contribution in [2.75, 3.05) is 37.8 Å². The van der Waals surface area contributed by atoms with Crippen molar-refractivity contribution in [3.8, 4) is 11.6 Å². The highest BCUT2D eigenvalue weighted by molar-refractivity contribution is 5.68. The highest BCUT2D eigenvalue weighted by Gasteiger charge is 2.30. The molecule has 0 amide bonds. The Morgan fingerprint density at radius 3 is 2.97 bits per heavy atom. The van der Waals surface area contributed by atoms with E-state index in [4.69, 9.17) is 19.3 Å². The minimum absolute atomic E-state index is 0.0345. The van der Waals surface area contributed by atoms with Gasteiger partial charge in [0.25, 0.3) is 0 Å². The molecule has 1 aromatic heterocycles. The molecule has 0 bridgehead atoms. The predicted molar refractivity (Wildman–Crippen MR) is 106 cm³/mol. The number of pyridine rings is 1. The van der Waals surface area contributed by atoms with Gasteiger partial charge in [-0.2, -0.15) is 0 Å². The normalized spacial score (nSPS) is 22.7. The quantitative estimate of drug-likeness (QED) is 0.832. The van der Waals surface area contributed by atoms with E-state index >= 15 is 0 Å². The summed E-state index contributed by atoms with van der Waals surface area (Å²) in [5.74, 6) is 0.230. The second-order valence-electron chi connectivity index (χ2n) is 7.76. The van der Waals surface area contributed by atoms with Crippen LogP contribution in [0.1, 0.15) is 41.6 Å². The van der Waals surface area contributed by atoms with E-state index in [9.17, 15) is 4.79 Å². The summed E-state index contributed by atoms with van der Waals surface area (Å²) >= 11 is 0. The van der Waals surface area contributed by atoms with E-state index in [2.05, 4.69) is 28.1 Å². The molecule has 29 heavy (non-hydrogen) atoms. The summed E-state index contributed by atoms with van der Waals surface area (Å²) in [6.45, 7) is 3.76. The lowest BCUT2D eigenvalue weighted by Gasteiger charge is -2.30. The van der Waals surface area contributed by atoms with Crippen molar-refractivity contribution >= 4 is 11.7 Å². The number of carbonyl (C=O) groups is 1. The molecular formula is C22H24N2O5. The van der Waals surface area contributed by atoms with Gasteiger partial charge in [0.05, 0.1) is 26.2 Å². The molecule has 0 radical (unpaired) electrons. The number of benzene rings is 1. The third kappa shape index (κ3) is 3.51.